The smallest absolute Gasteiger partial charge is 0.305 e. The fourth-order valence-corrected chi connectivity index (χ4v) is 16.7. The molecule has 16 amide bonds. The van der Waals surface area contributed by atoms with Gasteiger partial charge in [-0.1, -0.05) is 104 Å². The second kappa shape index (κ2) is 54.4. The summed E-state index contributed by atoms with van der Waals surface area (Å²) in [4.78, 5) is 260. The number of hydrogen-bond donors (Lipinski definition) is 19. The molecule has 1 aliphatic carbocycles. The van der Waals surface area contributed by atoms with Crippen molar-refractivity contribution in [3.8, 4) is 5.75 Å². The van der Waals surface area contributed by atoms with E-state index in [0.717, 1.165) is 14.7 Å². The molecule has 42 nitrogen and oxygen atoms in total. The Morgan fingerprint density at radius 1 is 0.642 bits per heavy atom. The molecule has 5 heterocycles. The molecule has 2 fully saturated rings. The zero-order valence-electron chi connectivity index (χ0n) is 80.3. The van der Waals surface area contributed by atoms with Crippen LogP contribution in [0.25, 0.3) is 6.08 Å². The van der Waals surface area contributed by atoms with E-state index in [4.69, 9.17) is 11.5 Å². The fraction of sp³-hybridized carbons (Fsp3) is 0.568. The molecule has 42 heteroatoms. The van der Waals surface area contributed by atoms with Crippen molar-refractivity contribution < 1.29 is 102 Å². The van der Waals surface area contributed by atoms with Crippen LogP contribution >= 0.6 is 0 Å². The van der Waals surface area contributed by atoms with E-state index in [1.54, 1.807) is 102 Å². The summed E-state index contributed by atoms with van der Waals surface area (Å²) in [5.41, 5.74) is 18.5. The van der Waals surface area contributed by atoms with E-state index in [1.807, 2.05) is 13.8 Å². The Bertz CT molecular complexity index is 4940. The van der Waals surface area contributed by atoms with Gasteiger partial charge in [0, 0.05) is 109 Å². The average molecular weight is 1910 g/mol. The van der Waals surface area contributed by atoms with E-state index in [0.29, 0.717) is 77.8 Å². The molecule has 0 radical (unpaired) electrons. The number of aliphatic hydroxyl groups is 2. The number of nitrogens with zero attached hydrogens (tertiary/aromatic N) is 6. The third-order valence-electron chi connectivity index (χ3n) is 24.6. The van der Waals surface area contributed by atoms with Crippen LogP contribution in [-0.2, 0) is 101 Å². The molecule has 21 N–H and O–H groups in total. The predicted octanol–water partition coefficient (Wildman–Crippen LogP) is -0.471. The number of nitrogens with two attached hydrogens (primary N) is 2. The van der Waals surface area contributed by atoms with Gasteiger partial charge in [-0.25, -0.2) is 4.98 Å². The van der Waals surface area contributed by atoms with Crippen LogP contribution in [0.2, 0.25) is 0 Å². The molecule has 750 valence electrons. The lowest BCUT2D eigenvalue weighted by Crippen LogP contribution is -2.61. The van der Waals surface area contributed by atoms with Crippen molar-refractivity contribution in [2.75, 3.05) is 60.5 Å². The third kappa shape index (κ3) is 32.2. The number of aryl methyl sites for hydroxylation is 1. The van der Waals surface area contributed by atoms with Crippen LogP contribution in [0.3, 0.4) is 0 Å². The molecule has 2 aromatic heterocycles. The number of amides is 16. The van der Waals surface area contributed by atoms with Crippen LogP contribution in [-0.4, -0.2) is 312 Å². The molecule has 0 spiro atoms. The standard InChI is InChI=1S/C95H139N21O21/c1-13-18-30-75(88(130)105-67(29-23-24-38-96)84(126)104-65(16-4)83(125)101-50-79(97)120)113(11)95(137)77(31-19-14-2)114(12)92(134)72(43-58-37-39-99-66-28-22-20-21-27-64(58)66)110-87(129)74(52-117)111-85(127)68(44-59-48-100-55(8)63(59)26-15-3)106-90(132)78-46-62(119)51-116(78)94(136)70(41-54(6)7)109-86(128)69(45-60-49-98-53-102-60)107-89(131)76-32-25-40-115(76)93(135)73(47-81(122)123)108-82(124)56(9)112(10)91(133)71(103-80(121)17-5)42-57-33-35-61(118)36-34-57/h15,20,22,26-28,33-37,48-49,53-54,56,62,65,67-78,99-100,117-119H,13-14,16-19,23-25,29-32,38-47,50-52,96H2,1-12H3,(H2,97,120)(H,98,102)(H,101,125)(H,103,121)(H,104,126)(H,105,130)(H,106,132)(H,107,131)(H,108,124)(H,109,128)(H,110,129)(H,111,127)(H,122,123)/b26-15-/t56-,62+,65-,67-,68?,69-,70-,71-,72-,73-,74-,75-,76-,77-,78-/m0/s1. The van der Waals surface area contributed by atoms with Gasteiger partial charge in [0.15, 0.2) is 0 Å². The van der Waals surface area contributed by atoms with Gasteiger partial charge in [0.05, 0.1) is 37.7 Å². The summed E-state index contributed by atoms with van der Waals surface area (Å²) >= 11 is 0. The zero-order valence-corrected chi connectivity index (χ0v) is 80.3. The topological polar surface area (TPSA) is 616 Å². The first-order valence-electron chi connectivity index (χ1n) is 46.9. The first-order chi connectivity index (χ1) is 65.2. The minimum Gasteiger partial charge on any atom is -0.508 e. The number of carbonyl (C=O) groups excluding carboxylic acids is 16. The SMILES string of the molecule is C/C=C\c1c(CC(NC(=O)[C@@H]2C[C@@H](O)CN2C(=O)[C@H](CC(C)C)NC(=O)[C@H](Cc2c[nH]cn2)NC(=O)[C@@H]2CCCN2C(=O)[C@H](CC(=O)O)NC(=O)[C@H](C)N(C)C(=O)[C@H](Cc2ccc(O)cc2)NC(=O)CC)C(=O)N[C@@H](CO)C(=O)N[C@@H](CC2=CCNC3=C2C=C=CC=C3)C(=O)N(C)[C@@H](CCCC)C(=O)N(C)[C@@H](CCCC)C(=O)N[C@@H](CCCCN)C(=O)N[C@@H](CC)C(=O)NCC(N)=O)c[nH]c1C. The average Bonchev–Trinajstić information content (AvgIpc) is 1.77. The Hall–Kier alpha value is -13.3. The number of phenolic OH excluding ortho intramolecular Hbond substituents is 1. The van der Waals surface area contributed by atoms with E-state index in [2.05, 4.69) is 79.2 Å². The molecule has 1 aromatic carbocycles. The van der Waals surface area contributed by atoms with Gasteiger partial charge in [-0.05, 0) is 144 Å². The van der Waals surface area contributed by atoms with E-state index in [9.17, 15) is 68.4 Å². The quantitative estimate of drug-likeness (QED) is 0.0251. The number of allylic oxidation sites excluding steroid dienone is 5. The number of aromatic nitrogens is 3. The molecule has 15 atom stereocenters. The van der Waals surface area contributed by atoms with Crippen molar-refractivity contribution in [1.82, 2.24) is 97.9 Å². The summed E-state index contributed by atoms with van der Waals surface area (Å²) in [5.74, 6) is -15.4. The Morgan fingerprint density at radius 2 is 1.24 bits per heavy atom. The highest BCUT2D eigenvalue weighted by molar-refractivity contribution is 6.02. The predicted molar refractivity (Wildman–Crippen MR) is 505 cm³/mol. The van der Waals surface area contributed by atoms with E-state index >= 15 is 33.6 Å². The maximum atomic E-state index is 15.8. The second-order valence-electron chi connectivity index (χ2n) is 35.3. The highest BCUT2D eigenvalue weighted by Crippen LogP contribution is 2.30. The molecule has 2 saturated heterocycles. The number of phenols is 1. The lowest BCUT2D eigenvalue weighted by atomic mass is 9.93. The number of β-amino-alcohol motifs (C(OH)–C–C–N with tert-alkyl or cyclic N) is 1. The molecular formula is C95H139N21O21. The summed E-state index contributed by atoms with van der Waals surface area (Å²) < 4.78 is 0. The number of hydrogen-bond acceptors (Lipinski definition) is 23. The highest BCUT2D eigenvalue weighted by Gasteiger charge is 2.47. The number of carboxylic acid groups (broad SMARTS) is 1. The molecule has 7 rings (SSSR count). The lowest BCUT2D eigenvalue weighted by molar-refractivity contribution is -0.149. The number of likely N-dealkylation sites (N-methyl/N-ethyl adjacent to an activating group) is 3. The van der Waals surface area contributed by atoms with E-state index in [-0.39, 0.29) is 114 Å². The number of aliphatic hydroxyl groups excluding tert-OH is 2. The number of aliphatic carboxylic acids is 1. The van der Waals surface area contributed by atoms with Gasteiger partial charge in [-0.15, -0.1) is 5.73 Å². The van der Waals surface area contributed by atoms with Crippen LogP contribution in [0, 0.1) is 12.8 Å². The lowest BCUT2D eigenvalue weighted by Gasteiger charge is -2.37. The van der Waals surface area contributed by atoms with E-state index in [1.165, 1.54) is 62.5 Å². The summed E-state index contributed by atoms with van der Waals surface area (Å²) in [7, 11) is 4.07. The summed E-state index contributed by atoms with van der Waals surface area (Å²) in [6.45, 7) is 13.7. The van der Waals surface area contributed by atoms with E-state index < -0.39 is 224 Å². The van der Waals surface area contributed by atoms with Crippen molar-refractivity contribution in [2.24, 2.45) is 17.4 Å². The number of nitrogens with one attached hydrogen (secondary N) is 13. The second-order valence-corrected chi connectivity index (χ2v) is 35.3. The zero-order chi connectivity index (χ0) is 101. The maximum Gasteiger partial charge on any atom is 0.305 e. The third-order valence-corrected chi connectivity index (χ3v) is 24.6. The largest absolute Gasteiger partial charge is 0.508 e. The van der Waals surface area contributed by atoms with Gasteiger partial charge < -0.3 is 125 Å². The van der Waals surface area contributed by atoms with Crippen LogP contribution in [0.1, 0.15) is 193 Å². The van der Waals surface area contributed by atoms with Crippen LogP contribution in [0.4, 0.5) is 0 Å². The molecule has 3 aliphatic heterocycles. The summed E-state index contributed by atoms with van der Waals surface area (Å²) in [5, 5.41) is 72.6. The van der Waals surface area contributed by atoms with Gasteiger partial charge in [-0.2, -0.15) is 0 Å². The van der Waals surface area contributed by atoms with Crippen molar-refractivity contribution >= 4 is 107 Å². The van der Waals surface area contributed by atoms with Crippen molar-refractivity contribution in [2.45, 2.75) is 281 Å². The number of imidazole rings is 1. The molecule has 1 unspecified atom stereocenters. The number of H-pyrrole nitrogens is 2. The van der Waals surface area contributed by atoms with Gasteiger partial charge in [-0.3, -0.25) is 81.5 Å². The first kappa shape index (κ1) is 111. The number of aromatic amines is 2. The number of dihydropyridines is 1. The van der Waals surface area contributed by atoms with Crippen LogP contribution in [0.5, 0.6) is 5.75 Å². The number of carbonyl (C=O) groups is 17. The summed E-state index contributed by atoms with van der Waals surface area (Å²) in [6.07, 6.45) is 16.1. The summed E-state index contributed by atoms with van der Waals surface area (Å²) in [6, 6.07) is -14.5. The number of unbranched alkanes of at least 4 members (excludes halogenated alkanes) is 3. The Morgan fingerprint density at radius 3 is 1.86 bits per heavy atom. The fourth-order valence-electron chi connectivity index (χ4n) is 16.7. The van der Waals surface area contributed by atoms with Crippen molar-refractivity contribution in [3.05, 3.63) is 130 Å². The molecule has 3 aromatic rings. The van der Waals surface area contributed by atoms with Crippen molar-refractivity contribution in [3.63, 3.8) is 0 Å². The number of likely N-dealkylation sites (tertiary alicyclic amines) is 2. The Kier molecular flexibility index (Phi) is 44.0. The molecule has 137 heavy (non-hydrogen) atoms. The maximum absolute atomic E-state index is 15.8. The van der Waals surface area contributed by atoms with Gasteiger partial charge in [0.25, 0.3) is 0 Å². The first-order valence-corrected chi connectivity index (χ1v) is 46.9. The number of primary amides is 1. The minimum absolute atomic E-state index is 0.00829. The van der Waals surface area contributed by atoms with Crippen LogP contribution < -0.4 is 70.0 Å². The minimum atomic E-state index is -1.89. The molecule has 0 saturated carbocycles. The van der Waals surface area contributed by atoms with Crippen molar-refractivity contribution in [1.29, 1.82) is 0 Å². The van der Waals surface area contributed by atoms with Gasteiger partial charge in [0.2, 0.25) is 94.5 Å². The number of carboxylic acids is 1. The monoisotopic (exact) mass is 1910 g/mol. The number of benzene rings is 1. The Labute approximate surface area is 797 Å². The van der Waals surface area contributed by atoms with Gasteiger partial charge in [0.1, 0.15) is 90.3 Å². The van der Waals surface area contributed by atoms with Gasteiger partial charge >= 0.3 is 5.97 Å². The molecule has 4 aliphatic rings. The highest BCUT2D eigenvalue weighted by atomic mass is 16.4. The number of rotatable bonds is 54. The molecular weight excluding hydrogens is 1770 g/mol. The van der Waals surface area contributed by atoms with Crippen LogP contribution in [0.15, 0.2) is 102 Å². The Balaban J connectivity index is 1.14. The normalized spacial score (nSPS) is 17.6. The number of aromatic hydroxyl groups is 1. The molecule has 0 bridgehead atoms.